The summed E-state index contributed by atoms with van der Waals surface area (Å²) in [6, 6.07) is -0.379. The predicted octanol–water partition coefficient (Wildman–Crippen LogP) is 0.340. The molecule has 0 radical (unpaired) electrons. The van der Waals surface area contributed by atoms with Crippen molar-refractivity contribution < 1.29 is 14.3 Å². The molecule has 2 atom stereocenters. The smallest absolute Gasteiger partial charge is 0.249 e. The lowest BCUT2D eigenvalue weighted by molar-refractivity contribution is -0.138. The van der Waals surface area contributed by atoms with Crippen LogP contribution in [0.1, 0.15) is 38.5 Å². The van der Waals surface area contributed by atoms with Gasteiger partial charge in [0.1, 0.15) is 12.1 Å². The minimum atomic E-state index is -0.379. The average Bonchev–Trinajstić information content (AvgIpc) is 2.56. The molecule has 0 saturated carbocycles. The molecule has 2 fully saturated rings. The molecular weight excluding hydrogens is 220 g/mol. The number of hydrogen-bond donors (Lipinski definition) is 2. The molecule has 2 rings (SSSR count). The van der Waals surface area contributed by atoms with Crippen LogP contribution in [0.3, 0.4) is 0 Å². The van der Waals surface area contributed by atoms with Crippen LogP contribution in [0.5, 0.6) is 0 Å². The maximum absolute atomic E-state index is 11.9. The van der Waals surface area contributed by atoms with Gasteiger partial charge in [-0.1, -0.05) is 0 Å². The Balaban J connectivity index is 1.85. The Morgan fingerprint density at radius 3 is 2.82 bits per heavy atom. The second kappa shape index (κ2) is 6.00. The largest absolute Gasteiger partial charge is 0.368 e. The van der Waals surface area contributed by atoms with E-state index in [4.69, 9.17) is 4.74 Å². The maximum Gasteiger partial charge on any atom is 0.249 e. The summed E-state index contributed by atoms with van der Waals surface area (Å²) in [6.07, 6.45) is 5.13. The van der Waals surface area contributed by atoms with Crippen LogP contribution in [0.25, 0.3) is 0 Å². The molecule has 2 N–H and O–H groups in total. The first-order valence-electron chi connectivity index (χ1n) is 6.47. The van der Waals surface area contributed by atoms with Crippen molar-refractivity contribution >= 4 is 11.8 Å². The first-order chi connectivity index (χ1) is 8.27. The van der Waals surface area contributed by atoms with E-state index in [-0.39, 0.29) is 24.0 Å². The van der Waals surface area contributed by atoms with E-state index in [2.05, 4.69) is 10.6 Å². The molecule has 0 aromatic heterocycles. The van der Waals surface area contributed by atoms with Crippen molar-refractivity contribution in [3.8, 4) is 0 Å². The summed E-state index contributed by atoms with van der Waals surface area (Å²) in [4.78, 5) is 23.6. The van der Waals surface area contributed by atoms with Gasteiger partial charge in [-0.25, -0.2) is 0 Å². The highest BCUT2D eigenvalue weighted by Gasteiger charge is 2.27. The van der Waals surface area contributed by atoms with Gasteiger partial charge in [-0.15, -0.1) is 0 Å². The van der Waals surface area contributed by atoms with Crippen molar-refractivity contribution in [1.82, 2.24) is 10.6 Å². The second-order valence-electron chi connectivity index (χ2n) is 4.70. The maximum atomic E-state index is 11.9. The van der Waals surface area contributed by atoms with Gasteiger partial charge >= 0.3 is 0 Å². The van der Waals surface area contributed by atoms with Crippen LogP contribution in [0.2, 0.25) is 0 Å². The molecule has 5 nitrogen and oxygen atoms in total. The highest BCUT2D eigenvalue weighted by Crippen LogP contribution is 2.13. The summed E-state index contributed by atoms with van der Waals surface area (Å²) >= 11 is 0. The standard InChI is InChI=1S/C12H20N2O3/c15-11-9(5-1-3-7-13-11)14-12(16)10-6-2-4-8-17-10/h9-10H,1-8H2,(H,13,15)(H,14,16)/t9-,10?/m1/s1. The van der Waals surface area contributed by atoms with Gasteiger partial charge in [0, 0.05) is 13.2 Å². The fourth-order valence-electron chi connectivity index (χ4n) is 2.29. The first kappa shape index (κ1) is 12.4. The third-order valence-corrected chi connectivity index (χ3v) is 3.32. The van der Waals surface area contributed by atoms with Crippen LogP contribution in [0, 0.1) is 0 Å². The molecular formula is C12H20N2O3. The zero-order chi connectivity index (χ0) is 12.1. The molecule has 0 bridgehead atoms. The molecule has 0 aromatic rings. The Kier molecular flexibility index (Phi) is 4.36. The number of ether oxygens (including phenoxy) is 1. The van der Waals surface area contributed by atoms with E-state index in [0.29, 0.717) is 13.2 Å². The summed E-state index contributed by atoms with van der Waals surface area (Å²) in [5, 5.41) is 5.61. The zero-order valence-electron chi connectivity index (χ0n) is 10.0. The minimum Gasteiger partial charge on any atom is -0.368 e. The van der Waals surface area contributed by atoms with Gasteiger partial charge in [-0.3, -0.25) is 9.59 Å². The number of carbonyl (C=O) groups is 2. The quantitative estimate of drug-likeness (QED) is 0.731. The lowest BCUT2D eigenvalue weighted by Gasteiger charge is -2.24. The van der Waals surface area contributed by atoms with Crippen molar-refractivity contribution in [1.29, 1.82) is 0 Å². The van der Waals surface area contributed by atoms with Crippen LogP contribution < -0.4 is 10.6 Å². The third kappa shape index (κ3) is 3.43. The number of rotatable bonds is 2. The molecule has 2 aliphatic heterocycles. The molecule has 0 aromatic carbocycles. The second-order valence-corrected chi connectivity index (χ2v) is 4.70. The Labute approximate surface area is 101 Å². The number of nitrogens with one attached hydrogen (secondary N) is 2. The molecule has 17 heavy (non-hydrogen) atoms. The molecule has 5 heteroatoms. The van der Waals surface area contributed by atoms with Crippen LogP contribution in [-0.4, -0.2) is 37.1 Å². The number of amides is 2. The van der Waals surface area contributed by atoms with Gasteiger partial charge in [-0.05, 0) is 38.5 Å². The molecule has 2 amide bonds. The van der Waals surface area contributed by atoms with E-state index in [9.17, 15) is 9.59 Å². The molecule has 2 saturated heterocycles. The summed E-state index contributed by atoms with van der Waals surface area (Å²) in [5.41, 5.74) is 0. The van der Waals surface area contributed by atoms with Gasteiger partial charge in [0.2, 0.25) is 11.8 Å². The van der Waals surface area contributed by atoms with Crippen LogP contribution >= 0.6 is 0 Å². The normalized spacial score (nSPS) is 30.2. The van der Waals surface area contributed by atoms with Gasteiger partial charge < -0.3 is 15.4 Å². The summed E-state index contributed by atoms with van der Waals surface area (Å²) < 4.78 is 5.40. The van der Waals surface area contributed by atoms with Crippen molar-refractivity contribution in [2.45, 2.75) is 50.7 Å². The van der Waals surface area contributed by atoms with Crippen molar-refractivity contribution in [2.75, 3.05) is 13.2 Å². The van der Waals surface area contributed by atoms with Crippen molar-refractivity contribution in [3.63, 3.8) is 0 Å². The van der Waals surface area contributed by atoms with Crippen molar-refractivity contribution in [2.24, 2.45) is 0 Å². The van der Waals surface area contributed by atoms with E-state index in [1.165, 1.54) is 0 Å². The monoisotopic (exact) mass is 240 g/mol. The topological polar surface area (TPSA) is 67.4 Å². The Bertz CT molecular complexity index is 287. The Morgan fingerprint density at radius 2 is 2.06 bits per heavy atom. The highest BCUT2D eigenvalue weighted by molar-refractivity contribution is 5.89. The van der Waals surface area contributed by atoms with E-state index in [1.54, 1.807) is 0 Å². The zero-order valence-corrected chi connectivity index (χ0v) is 10.0. The summed E-state index contributed by atoms with van der Waals surface area (Å²) in [7, 11) is 0. The lowest BCUT2D eigenvalue weighted by Crippen LogP contribution is -2.49. The third-order valence-electron chi connectivity index (χ3n) is 3.32. The Morgan fingerprint density at radius 1 is 1.24 bits per heavy atom. The lowest BCUT2D eigenvalue weighted by atomic mass is 10.1. The van der Waals surface area contributed by atoms with E-state index < -0.39 is 0 Å². The van der Waals surface area contributed by atoms with E-state index in [0.717, 1.165) is 38.5 Å². The first-order valence-corrected chi connectivity index (χ1v) is 6.47. The molecule has 2 aliphatic rings. The van der Waals surface area contributed by atoms with Gasteiger partial charge in [0.05, 0.1) is 0 Å². The van der Waals surface area contributed by atoms with Crippen LogP contribution in [-0.2, 0) is 14.3 Å². The molecule has 0 spiro atoms. The summed E-state index contributed by atoms with van der Waals surface area (Å²) in [5.74, 6) is -0.196. The molecule has 0 aliphatic carbocycles. The number of carbonyl (C=O) groups excluding carboxylic acids is 2. The number of hydrogen-bond acceptors (Lipinski definition) is 3. The van der Waals surface area contributed by atoms with Gasteiger partial charge in [-0.2, -0.15) is 0 Å². The van der Waals surface area contributed by atoms with Gasteiger partial charge in [0.25, 0.3) is 0 Å². The average molecular weight is 240 g/mol. The van der Waals surface area contributed by atoms with Crippen molar-refractivity contribution in [3.05, 3.63) is 0 Å². The van der Waals surface area contributed by atoms with Crippen LogP contribution in [0.4, 0.5) is 0 Å². The van der Waals surface area contributed by atoms with E-state index in [1.807, 2.05) is 0 Å². The predicted molar refractivity (Wildman–Crippen MR) is 62.4 cm³/mol. The highest BCUT2D eigenvalue weighted by atomic mass is 16.5. The SMILES string of the molecule is O=C(N[C@@H]1CCCCNC1=O)C1CCCCO1. The Hall–Kier alpha value is -1.10. The van der Waals surface area contributed by atoms with E-state index >= 15 is 0 Å². The summed E-state index contributed by atoms with van der Waals surface area (Å²) in [6.45, 7) is 1.36. The molecule has 1 unspecified atom stereocenters. The fourth-order valence-corrected chi connectivity index (χ4v) is 2.29. The van der Waals surface area contributed by atoms with Gasteiger partial charge in [0.15, 0.2) is 0 Å². The minimum absolute atomic E-state index is 0.0633. The molecule has 2 heterocycles. The van der Waals surface area contributed by atoms with Crippen LogP contribution in [0.15, 0.2) is 0 Å². The fraction of sp³-hybridized carbons (Fsp3) is 0.833. The molecule has 96 valence electrons.